The Balaban J connectivity index is 1.96. The Morgan fingerprint density at radius 1 is 0.760 bits per heavy atom. The van der Waals surface area contributed by atoms with E-state index in [4.69, 9.17) is 0 Å². The summed E-state index contributed by atoms with van der Waals surface area (Å²) in [5, 5.41) is 5.65. The molecule has 0 fully saturated rings. The van der Waals surface area contributed by atoms with Gasteiger partial charge in [-0.15, -0.1) is 11.3 Å². The summed E-state index contributed by atoms with van der Waals surface area (Å²) in [5.41, 5.74) is 1.11. The van der Waals surface area contributed by atoms with Crippen LogP contribution in [0.4, 0.5) is 4.39 Å². The number of hydrogen-bond acceptors (Lipinski definition) is 2. The van der Waals surface area contributed by atoms with Crippen LogP contribution in [0.25, 0.3) is 41.7 Å². The molecule has 0 bridgehead atoms. The third-order valence-electron chi connectivity index (χ3n) is 4.80. The molecule has 0 unspecified atom stereocenters. The molecule has 1 nitrogen and oxygen atoms in total. The second-order valence-corrected chi connectivity index (χ2v) is 7.50. The van der Waals surface area contributed by atoms with Gasteiger partial charge in [0.15, 0.2) is 5.43 Å². The van der Waals surface area contributed by atoms with E-state index >= 15 is 0 Å². The Hall–Kier alpha value is -2.78. The van der Waals surface area contributed by atoms with Crippen LogP contribution in [-0.4, -0.2) is 0 Å². The Bertz CT molecular complexity index is 1380. The molecule has 4 aromatic carbocycles. The molecular weight excluding hydrogens is 331 g/mol. The van der Waals surface area contributed by atoms with Crippen LogP contribution in [0, 0.1) is 12.7 Å². The zero-order valence-electron chi connectivity index (χ0n) is 13.5. The molecule has 25 heavy (non-hydrogen) atoms. The third kappa shape index (κ3) is 2.16. The first kappa shape index (κ1) is 14.6. The average Bonchev–Trinajstić information content (AvgIpc) is 2.60. The molecule has 0 atom stereocenters. The number of benzene rings is 4. The first-order valence-corrected chi connectivity index (χ1v) is 8.91. The topological polar surface area (TPSA) is 17.1 Å². The van der Waals surface area contributed by atoms with Gasteiger partial charge in [0.1, 0.15) is 5.82 Å². The standard InChI is InChI=1S/C22H13FOS/c1-12-3-2-4-13-7-14-10-21-18(9-15(14)8-17(12)13)22(24)19-11-16(23)5-6-20(19)25-21/h2-11H,1H3. The van der Waals surface area contributed by atoms with E-state index in [1.165, 1.54) is 39.8 Å². The number of aryl methyl sites for hydroxylation is 1. The molecule has 0 spiro atoms. The molecule has 5 aromatic rings. The van der Waals surface area contributed by atoms with Crippen molar-refractivity contribution >= 4 is 53.1 Å². The van der Waals surface area contributed by atoms with Crippen LogP contribution in [0.5, 0.6) is 0 Å². The van der Waals surface area contributed by atoms with Crippen LogP contribution in [0.15, 0.2) is 65.5 Å². The highest BCUT2D eigenvalue weighted by Crippen LogP contribution is 2.31. The van der Waals surface area contributed by atoms with E-state index in [9.17, 15) is 9.18 Å². The smallest absolute Gasteiger partial charge is 0.195 e. The van der Waals surface area contributed by atoms with E-state index in [-0.39, 0.29) is 11.2 Å². The Morgan fingerprint density at radius 3 is 2.40 bits per heavy atom. The molecule has 1 heterocycles. The molecule has 3 heteroatoms. The van der Waals surface area contributed by atoms with Crippen LogP contribution in [0.2, 0.25) is 0 Å². The summed E-state index contributed by atoms with van der Waals surface area (Å²) in [7, 11) is 0. The maximum atomic E-state index is 13.6. The van der Waals surface area contributed by atoms with Gasteiger partial charge in [-0.3, -0.25) is 4.79 Å². The Labute approximate surface area is 147 Å². The van der Waals surface area contributed by atoms with Crippen LogP contribution in [0.3, 0.4) is 0 Å². The van der Waals surface area contributed by atoms with Crippen LogP contribution in [0.1, 0.15) is 5.56 Å². The zero-order valence-corrected chi connectivity index (χ0v) is 14.3. The van der Waals surface area contributed by atoms with Crippen molar-refractivity contribution in [1.82, 2.24) is 0 Å². The fourth-order valence-corrected chi connectivity index (χ4v) is 4.59. The van der Waals surface area contributed by atoms with E-state index in [1.54, 1.807) is 6.07 Å². The predicted molar refractivity (Wildman–Crippen MR) is 105 cm³/mol. The van der Waals surface area contributed by atoms with Crippen LogP contribution in [-0.2, 0) is 0 Å². The summed E-state index contributed by atoms with van der Waals surface area (Å²) in [6, 6.07) is 19.0. The molecule has 0 saturated carbocycles. The molecular formula is C22H13FOS. The maximum absolute atomic E-state index is 13.6. The van der Waals surface area contributed by atoms with E-state index < -0.39 is 0 Å². The van der Waals surface area contributed by atoms with Gasteiger partial charge in [0.05, 0.1) is 0 Å². The predicted octanol–water partition coefficient (Wildman–Crippen LogP) is 6.17. The monoisotopic (exact) mass is 344 g/mol. The lowest BCUT2D eigenvalue weighted by molar-refractivity contribution is 0.630. The van der Waals surface area contributed by atoms with Gasteiger partial charge in [-0.25, -0.2) is 4.39 Å². The molecule has 0 radical (unpaired) electrons. The molecule has 0 saturated heterocycles. The number of hydrogen-bond donors (Lipinski definition) is 0. The molecule has 5 rings (SSSR count). The minimum atomic E-state index is -0.376. The van der Waals surface area contributed by atoms with Crippen molar-refractivity contribution in [1.29, 1.82) is 0 Å². The van der Waals surface area contributed by atoms with Gasteiger partial charge < -0.3 is 0 Å². The van der Waals surface area contributed by atoms with Gasteiger partial charge in [-0.2, -0.15) is 0 Å². The van der Waals surface area contributed by atoms with E-state index in [0.717, 1.165) is 20.2 Å². The molecule has 0 N–H and O–H groups in total. The SMILES string of the molecule is Cc1cccc2cc3cc4sc5ccc(F)cc5c(=O)c4cc3cc12. The van der Waals surface area contributed by atoms with Gasteiger partial charge >= 0.3 is 0 Å². The van der Waals surface area contributed by atoms with Crippen LogP contribution < -0.4 is 5.43 Å². The highest BCUT2D eigenvalue weighted by molar-refractivity contribution is 7.24. The highest BCUT2D eigenvalue weighted by Gasteiger charge is 2.09. The fourth-order valence-electron chi connectivity index (χ4n) is 3.51. The summed E-state index contributed by atoms with van der Waals surface area (Å²) < 4.78 is 15.3. The van der Waals surface area contributed by atoms with Crippen molar-refractivity contribution in [3.05, 3.63) is 82.3 Å². The van der Waals surface area contributed by atoms with Crippen LogP contribution >= 0.6 is 11.3 Å². The van der Waals surface area contributed by atoms with Crippen molar-refractivity contribution in [2.24, 2.45) is 0 Å². The van der Waals surface area contributed by atoms with Gasteiger partial charge in [0, 0.05) is 20.2 Å². The van der Waals surface area contributed by atoms with Gasteiger partial charge in [-0.05, 0) is 76.5 Å². The summed E-state index contributed by atoms with van der Waals surface area (Å²) in [5.74, 6) is -0.376. The lowest BCUT2D eigenvalue weighted by Crippen LogP contribution is -2.01. The normalized spacial score (nSPS) is 11.8. The second kappa shape index (κ2) is 5.11. The van der Waals surface area contributed by atoms with Crippen molar-refractivity contribution < 1.29 is 4.39 Å². The fraction of sp³-hybridized carbons (Fsp3) is 0.0455. The summed E-state index contributed by atoms with van der Waals surface area (Å²) in [4.78, 5) is 12.9. The van der Waals surface area contributed by atoms with E-state index in [0.29, 0.717) is 10.8 Å². The van der Waals surface area contributed by atoms with Crippen molar-refractivity contribution in [3.63, 3.8) is 0 Å². The molecule has 0 aliphatic heterocycles. The average molecular weight is 344 g/mol. The highest BCUT2D eigenvalue weighted by atomic mass is 32.1. The first-order valence-electron chi connectivity index (χ1n) is 8.09. The van der Waals surface area contributed by atoms with Gasteiger partial charge in [0.2, 0.25) is 0 Å². The number of fused-ring (bicyclic) bond motifs is 4. The number of rotatable bonds is 0. The number of halogens is 1. The summed E-state index contributed by atoms with van der Waals surface area (Å²) >= 11 is 1.53. The lowest BCUT2D eigenvalue weighted by atomic mass is 9.99. The van der Waals surface area contributed by atoms with E-state index in [1.807, 2.05) is 6.07 Å². The zero-order chi connectivity index (χ0) is 17.1. The third-order valence-corrected chi connectivity index (χ3v) is 5.94. The van der Waals surface area contributed by atoms with E-state index in [2.05, 4.69) is 43.3 Å². The molecule has 0 amide bonds. The molecule has 1 aromatic heterocycles. The summed E-state index contributed by atoms with van der Waals surface area (Å²) in [6.45, 7) is 2.09. The second-order valence-electron chi connectivity index (χ2n) is 6.42. The van der Waals surface area contributed by atoms with Gasteiger partial charge in [0.25, 0.3) is 0 Å². The largest absolute Gasteiger partial charge is 0.289 e. The van der Waals surface area contributed by atoms with Crippen molar-refractivity contribution in [3.8, 4) is 0 Å². The summed E-state index contributed by atoms with van der Waals surface area (Å²) in [6.07, 6.45) is 0. The minimum absolute atomic E-state index is 0.102. The van der Waals surface area contributed by atoms with Crippen molar-refractivity contribution in [2.45, 2.75) is 6.92 Å². The maximum Gasteiger partial charge on any atom is 0.195 e. The Kier molecular flexibility index (Phi) is 2.97. The first-order chi connectivity index (χ1) is 12.1. The quantitative estimate of drug-likeness (QED) is 0.307. The molecule has 0 aliphatic carbocycles. The lowest BCUT2D eigenvalue weighted by Gasteiger charge is -2.07. The molecule has 120 valence electrons. The Morgan fingerprint density at radius 2 is 1.52 bits per heavy atom. The van der Waals surface area contributed by atoms with Crippen molar-refractivity contribution in [2.75, 3.05) is 0 Å². The molecule has 0 aliphatic rings. The minimum Gasteiger partial charge on any atom is -0.289 e. The van der Waals surface area contributed by atoms with Gasteiger partial charge in [-0.1, -0.05) is 18.2 Å².